The summed E-state index contributed by atoms with van der Waals surface area (Å²) >= 11 is 0. The molecule has 4 nitrogen and oxygen atoms in total. The van der Waals surface area contributed by atoms with E-state index in [0.717, 1.165) is 37.2 Å². The summed E-state index contributed by atoms with van der Waals surface area (Å²) in [6.07, 6.45) is 2.23. The zero-order valence-corrected chi connectivity index (χ0v) is 21.3. The van der Waals surface area contributed by atoms with Gasteiger partial charge in [-0.25, -0.2) is 8.78 Å². The van der Waals surface area contributed by atoms with E-state index in [1.54, 1.807) is 13.8 Å². The van der Waals surface area contributed by atoms with Gasteiger partial charge in [0, 0.05) is 24.5 Å². The van der Waals surface area contributed by atoms with E-state index in [-0.39, 0.29) is 18.2 Å². The predicted molar refractivity (Wildman–Crippen MR) is 139 cm³/mol. The Bertz CT molecular complexity index is 1280. The van der Waals surface area contributed by atoms with Gasteiger partial charge in [-0.15, -0.1) is 0 Å². The van der Waals surface area contributed by atoms with E-state index in [1.807, 2.05) is 54.6 Å². The van der Waals surface area contributed by atoms with Crippen molar-refractivity contribution in [2.75, 3.05) is 22.9 Å². The average molecular weight is 491 g/mol. The molecule has 1 amide bonds. The summed E-state index contributed by atoms with van der Waals surface area (Å²) < 4.78 is 36.5. The van der Waals surface area contributed by atoms with Crippen LogP contribution >= 0.6 is 0 Å². The van der Waals surface area contributed by atoms with Crippen LogP contribution in [0.4, 0.5) is 25.8 Å². The second-order valence-corrected chi connectivity index (χ2v) is 11.1. The van der Waals surface area contributed by atoms with Gasteiger partial charge in [0.15, 0.2) is 17.4 Å². The first-order valence-corrected chi connectivity index (χ1v) is 12.5. The Labute approximate surface area is 211 Å². The third-order valence-electron chi connectivity index (χ3n) is 7.60. The van der Waals surface area contributed by atoms with E-state index in [4.69, 9.17) is 4.74 Å². The fourth-order valence-corrected chi connectivity index (χ4v) is 5.07. The smallest absolute Gasteiger partial charge is 0.241 e. The molecule has 0 N–H and O–H groups in total. The van der Waals surface area contributed by atoms with Crippen molar-refractivity contribution in [1.82, 2.24) is 0 Å². The Balaban J connectivity index is 1.47. The van der Waals surface area contributed by atoms with Crippen LogP contribution in [0.3, 0.4) is 0 Å². The molecule has 5 rings (SSSR count). The molecule has 2 heterocycles. The van der Waals surface area contributed by atoms with E-state index < -0.39 is 22.8 Å². The van der Waals surface area contributed by atoms with Gasteiger partial charge in [0.25, 0.3) is 0 Å². The first-order chi connectivity index (χ1) is 17.1. The lowest BCUT2D eigenvalue weighted by Crippen LogP contribution is -2.37. The standard InChI is InChI=1S/C30H32F2N2O2/c1-29(2)14-16-33(17-15-29)21-10-12-22(13-11-21)34-26-23(30(3,4)28(34)35)18-24(31)27(25(26)32)36-19-20-8-6-5-7-9-20/h5-13,18H,14-17,19H2,1-4H3. The van der Waals surface area contributed by atoms with Crippen LogP contribution in [0.5, 0.6) is 5.75 Å². The van der Waals surface area contributed by atoms with Crippen LogP contribution in [0.15, 0.2) is 60.7 Å². The largest absolute Gasteiger partial charge is 0.483 e. The summed E-state index contributed by atoms with van der Waals surface area (Å²) in [4.78, 5) is 17.2. The number of hydrogen-bond donors (Lipinski definition) is 0. The van der Waals surface area contributed by atoms with Crippen molar-refractivity contribution in [2.45, 2.75) is 52.6 Å². The Kier molecular flexibility index (Phi) is 6.01. The molecule has 0 unspecified atom stereocenters. The van der Waals surface area contributed by atoms with Crippen molar-refractivity contribution < 1.29 is 18.3 Å². The van der Waals surface area contributed by atoms with Gasteiger partial charge in [-0.3, -0.25) is 9.69 Å². The van der Waals surface area contributed by atoms with E-state index in [2.05, 4.69) is 18.7 Å². The van der Waals surface area contributed by atoms with Crippen molar-refractivity contribution in [1.29, 1.82) is 0 Å². The maximum atomic E-state index is 15.9. The molecule has 188 valence electrons. The minimum atomic E-state index is -1.08. The molecule has 0 aromatic heterocycles. The molecule has 3 aromatic carbocycles. The second kappa shape index (κ2) is 8.91. The molecular weight excluding hydrogens is 458 g/mol. The normalized spacial score (nSPS) is 18.3. The van der Waals surface area contributed by atoms with Gasteiger partial charge in [0.05, 0.1) is 11.1 Å². The zero-order chi connectivity index (χ0) is 25.7. The molecule has 36 heavy (non-hydrogen) atoms. The number of hydrogen-bond acceptors (Lipinski definition) is 3. The summed E-state index contributed by atoms with van der Waals surface area (Å²) in [6.45, 7) is 9.94. The predicted octanol–water partition coefficient (Wildman–Crippen LogP) is 7.13. The van der Waals surface area contributed by atoms with Gasteiger partial charge in [0.1, 0.15) is 6.61 Å². The number of carbonyl (C=O) groups is 1. The molecule has 3 aromatic rings. The molecule has 0 radical (unpaired) electrons. The number of anilines is 3. The van der Waals surface area contributed by atoms with E-state index >= 15 is 8.78 Å². The Morgan fingerprint density at radius 2 is 1.50 bits per heavy atom. The molecule has 0 atom stereocenters. The van der Waals surface area contributed by atoms with Crippen LogP contribution in [-0.4, -0.2) is 19.0 Å². The van der Waals surface area contributed by atoms with Crippen molar-refractivity contribution in [3.8, 4) is 5.75 Å². The maximum absolute atomic E-state index is 15.9. The van der Waals surface area contributed by atoms with E-state index in [9.17, 15) is 4.79 Å². The van der Waals surface area contributed by atoms with Crippen LogP contribution in [0.1, 0.15) is 51.7 Å². The summed E-state index contributed by atoms with van der Waals surface area (Å²) in [5, 5.41) is 0. The number of benzene rings is 3. The Morgan fingerprint density at radius 1 is 0.889 bits per heavy atom. The summed E-state index contributed by atoms with van der Waals surface area (Å²) in [7, 11) is 0. The van der Waals surface area contributed by atoms with Gasteiger partial charge in [0.2, 0.25) is 5.91 Å². The lowest BCUT2D eigenvalue weighted by molar-refractivity contribution is -0.121. The molecule has 1 saturated heterocycles. The third kappa shape index (κ3) is 4.23. The maximum Gasteiger partial charge on any atom is 0.241 e. The number of ether oxygens (including phenoxy) is 1. The SMILES string of the molecule is CC1(C)CCN(c2ccc(N3C(=O)C(C)(C)c4cc(F)c(OCc5ccccc5)c(F)c43)cc2)CC1. The van der Waals surface area contributed by atoms with Crippen LogP contribution < -0.4 is 14.5 Å². The molecule has 1 fully saturated rings. The number of piperidine rings is 1. The number of carbonyl (C=O) groups excluding carboxylic acids is 1. The molecule has 0 spiro atoms. The molecule has 0 bridgehead atoms. The average Bonchev–Trinajstić information content (AvgIpc) is 3.05. The third-order valence-corrected chi connectivity index (χ3v) is 7.60. The first kappa shape index (κ1) is 24.3. The number of fused-ring (bicyclic) bond motifs is 1. The highest BCUT2D eigenvalue weighted by Gasteiger charge is 2.48. The monoisotopic (exact) mass is 490 g/mol. The van der Waals surface area contributed by atoms with Crippen molar-refractivity contribution >= 4 is 23.0 Å². The van der Waals surface area contributed by atoms with Crippen LogP contribution in [0.25, 0.3) is 0 Å². The summed E-state index contributed by atoms with van der Waals surface area (Å²) in [5.74, 6) is -2.44. The minimum Gasteiger partial charge on any atom is -0.483 e. The molecule has 0 aliphatic carbocycles. The fourth-order valence-electron chi connectivity index (χ4n) is 5.07. The Hall–Kier alpha value is -3.41. The zero-order valence-electron chi connectivity index (χ0n) is 21.3. The molecule has 0 saturated carbocycles. The van der Waals surface area contributed by atoms with Crippen molar-refractivity contribution in [2.24, 2.45) is 5.41 Å². The fraction of sp³-hybridized carbons (Fsp3) is 0.367. The van der Waals surface area contributed by atoms with Gasteiger partial charge in [-0.05, 0) is 73.6 Å². The summed E-state index contributed by atoms with van der Waals surface area (Å²) in [6, 6.07) is 18.1. The van der Waals surface area contributed by atoms with Gasteiger partial charge >= 0.3 is 0 Å². The molecule has 2 aliphatic heterocycles. The number of nitrogens with zero attached hydrogens (tertiary/aromatic N) is 2. The molecule has 2 aliphatic rings. The lowest BCUT2D eigenvalue weighted by Gasteiger charge is -2.38. The number of halogens is 2. The molecular formula is C30H32F2N2O2. The van der Waals surface area contributed by atoms with Crippen molar-refractivity contribution in [3.05, 3.63) is 83.4 Å². The van der Waals surface area contributed by atoms with Crippen LogP contribution in [-0.2, 0) is 16.8 Å². The second-order valence-electron chi connectivity index (χ2n) is 11.1. The van der Waals surface area contributed by atoms with E-state index in [1.165, 1.54) is 11.0 Å². The quantitative estimate of drug-likeness (QED) is 0.382. The topological polar surface area (TPSA) is 32.8 Å². The van der Waals surface area contributed by atoms with Gasteiger partial charge in [-0.2, -0.15) is 0 Å². The number of rotatable bonds is 5. The highest BCUT2D eigenvalue weighted by Crippen LogP contribution is 2.50. The molecule has 6 heteroatoms. The van der Waals surface area contributed by atoms with Crippen LogP contribution in [0.2, 0.25) is 0 Å². The highest BCUT2D eigenvalue weighted by molar-refractivity contribution is 6.12. The van der Waals surface area contributed by atoms with Gasteiger partial charge in [-0.1, -0.05) is 44.2 Å². The minimum absolute atomic E-state index is 0.0200. The van der Waals surface area contributed by atoms with Crippen molar-refractivity contribution in [3.63, 3.8) is 0 Å². The van der Waals surface area contributed by atoms with Crippen LogP contribution in [0, 0.1) is 17.0 Å². The first-order valence-electron chi connectivity index (χ1n) is 12.5. The summed E-state index contributed by atoms with van der Waals surface area (Å²) in [5.41, 5.74) is 2.06. The lowest BCUT2D eigenvalue weighted by atomic mass is 9.82. The Morgan fingerprint density at radius 3 is 2.14 bits per heavy atom. The number of amides is 1. The van der Waals surface area contributed by atoms with Gasteiger partial charge < -0.3 is 9.64 Å². The highest BCUT2D eigenvalue weighted by atomic mass is 19.1. The van der Waals surface area contributed by atoms with E-state index in [0.29, 0.717) is 16.7 Å².